The Labute approximate surface area is 157 Å². The molecule has 1 fully saturated rings. The van der Waals surface area contributed by atoms with Crippen LogP contribution < -0.4 is 10.6 Å². The fourth-order valence-electron chi connectivity index (χ4n) is 2.91. The molecule has 28 heavy (non-hydrogen) atoms. The molecule has 1 aliphatic heterocycles. The first-order valence-corrected chi connectivity index (χ1v) is 8.56. The minimum absolute atomic E-state index is 0.241. The molecule has 0 bridgehead atoms. The van der Waals surface area contributed by atoms with Gasteiger partial charge in [-0.25, -0.2) is 14.3 Å². The molecule has 4 rings (SSSR count). The number of halogens is 3. The van der Waals surface area contributed by atoms with Crippen LogP contribution >= 0.6 is 0 Å². The van der Waals surface area contributed by atoms with E-state index in [1.165, 1.54) is 12.1 Å². The zero-order chi connectivity index (χ0) is 19.9. The Kier molecular flexibility index (Phi) is 4.42. The summed E-state index contributed by atoms with van der Waals surface area (Å²) < 4.78 is 42.9. The number of carbonyl (C=O) groups is 1. The number of nitrogens with zero attached hydrogens (tertiary/aromatic N) is 4. The molecule has 0 amide bonds. The van der Waals surface area contributed by atoms with Crippen LogP contribution in [0.5, 0.6) is 0 Å². The fourth-order valence-corrected chi connectivity index (χ4v) is 2.91. The van der Waals surface area contributed by atoms with Crippen LogP contribution in [0.25, 0.3) is 16.8 Å². The number of esters is 1. The van der Waals surface area contributed by atoms with E-state index in [0.717, 1.165) is 36.4 Å². The summed E-state index contributed by atoms with van der Waals surface area (Å²) in [6, 6.07) is 8.19. The summed E-state index contributed by atoms with van der Waals surface area (Å²) in [5, 5.41) is 4.27. The number of hydrogen-bond acceptors (Lipinski definition) is 6. The number of ether oxygens (including phenoxy) is 1. The van der Waals surface area contributed by atoms with Crippen LogP contribution in [0.2, 0.25) is 0 Å². The van der Waals surface area contributed by atoms with Crippen LogP contribution in [-0.4, -0.2) is 39.8 Å². The molecule has 2 aromatic heterocycles. The number of alkyl halides is 3. The number of fused-ring (bicyclic) bond motifs is 1. The Morgan fingerprint density at radius 2 is 1.89 bits per heavy atom. The molecule has 146 valence electrons. The van der Waals surface area contributed by atoms with E-state index in [2.05, 4.69) is 14.7 Å². The number of nitrogens with two attached hydrogens (primary N) is 1. The van der Waals surface area contributed by atoms with Crippen molar-refractivity contribution in [1.82, 2.24) is 14.6 Å². The number of rotatable bonds is 4. The van der Waals surface area contributed by atoms with Gasteiger partial charge in [-0.1, -0.05) is 24.3 Å². The van der Waals surface area contributed by atoms with Crippen LogP contribution in [0.4, 0.5) is 19.0 Å². The number of hydrogen-bond donors (Lipinski definition) is 1. The molecule has 1 aliphatic rings. The van der Waals surface area contributed by atoms with Crippen molar-refractivity contribution in [2.75, 3.05) is 18.0 Å². The summed E-state index contributed by atoms with van der Waals surface area (Å²) in [5.41, 5.74) is 8.03. The van der Waals surface area contributed by atoms with E-state index in [4.69, 9.17) is 10.7 Å². The molecule has 3 heterocycles. The van der Waals surface area contributed by atoms with E-state index >= 15 is 0 Å². The lowest BCUT2D eigenvalue weighted by molar-refractivity contribution is -0.205. The standard InChI is InChI=1S/C18H16F3N5O2/c19-18(20,21)17(27)28-16(22)12-4-2-11(3-5-12)15-13-6-7-23-26(13)10-14(24-15)25-8-1-9-25/h2-7,10,16H,1,8-9,22H2. The van der Waals surface area contributed by atoms with Crippen molar-refractivity contribution in [1.29, 1.82) is 0 Å². The third kappa shape index (κ3) is 3.38. The van der Waals surface area contributed by atoms with Crippen LogP contribution in [-0.2, 0) is 9.53 Å². The van der Waals surface area contributed by atoms with E-state index in [9.17, 15) is 18.0 Å². The second-order valence-corrected chi connectivity index (χ2v) is 6.40. The van der Waals surface area contributed by atoms with Gasteiger partial charge in [-0.05, 0) is 12.5 Å². The van der Waals surface area contributed by atoms with Gasteiger partial charge >= 0.3 is 12.1 Å². The molecule has 10 heteroatoms. The van der Waals surface area contributed by atoms with E-state index in [1.807, 2.05) is 12.3 Å². The number of carbonyl (C=O) groups excluding carboxylic acids is 1. The highest BCUT2D eigenvalue weighted by atomic mass is 19.4. The number of aromatic nitrogens is 3. The predicted octanol–water partition coefficient (Wildman–Crippen LogP) is 2.67. The van der Waals surface area contributed by atoms with Gasteiger partial charge in [0.15, 0.2) is 6.23 Å². The van der Waals surface area contributed by atoms with Gasteiger partial charge in [-0.2, -0.15) is 18.3 Å². The second-order valence-electron chi connectivity index (χ2n) is 6.40. The minimum Gasteiger partial charge on any atom is -0.436 e. The van der Waals surface area contributed by atoms with Gasteiger partial charge in [0, 0.05) is 24.2 Å². The molecule has 3 aromatic rings. The first kappa shape index (κ1) is 18.2. The molecule has 1 saturated heterocycles. The van der Waals surface area contributed by atoms with Crippen LogP contribution in [0.3, 0.4) is 0 Å². The van der Waals surface area contributed by atoms with E-state index in [0.29, 0.717) is 5.69 Å². The Balaban J connectivity index is 1.62. The highest BCUT2D eigenvalue weighted by Gasteiger charge is 2.42. The molecule has 1 atom stereocenters. The molecule has 0 aliphatic carbocycles. The summed E-state index contributed by atoms with van der Waals surface area (Å²) in [7, 11) is 0. The summed E-state index contributed by atoms with van der Waals surface area (Å²) >= 11 is 0. The average molecular weight is 391 g/mol. The maximum atomic E-state index is 12.3. The molecule has 7 nitrogen and oxygen atoms in total. The highest BCUT2D eigenvalue weighted by molar-refractivity contribution is 5.78. The van der Waals surface area contributed by atoms with Crippen molar-refractivity contribution in [2.45, 2.75) is 18.8 Å². The van der Waals surface area contributed by atoms with Gasteiger partial charge in [0.2, 0.25) is 0 Å². The quantitative estimate of drug-likeness (QED) is 0.544. The van der Waals surface area contributed by atoms with Crippen molar-refractivity contribution < 1.29 is 22.7 Å². The maximum absolute atomic E-state index is 12.3. The highest BCUT2D eigenvalue weighted by Crippen LogP contribution is 2.29. The fraction of sp³-hybridized carbons (Fsp3) is 0.278. The van der Waals surface area contributed by atoms with Crippen molar-refractivity contribution in [2.24, 2.45) is 5.73 Å². The Hall–Kier alpha value is -3.14. The third-order valence-electron chi connectivity index (χ3n) is 4.54. The maximum Gasteiger partial charge on any atom is 0.490 e. The average Bonchev–Trinajstić information content (AvgIpc) is 3.07. The Bertz CT molecular complexity index is 1010. The molecule has 0 saturated carbocycles. The minimum atomic E-state index is -5.09. The summed E-state index contributed by atoms with van der Waals surface area (Å²) in [5.74, 6) is -1.52. The van der Waals surface area contributed by atoms with Gasteiger partial charge in [-0.3, -0.25) is 5.73 Å². The molecule has 1 aromatic carbocycles. The van der Waals surface area contributed by atoms with Crippen LogP contribution in [0, 0.1) is 0 Å². The van der Waals surface area contributed by atoms with Gasteiger partial charge in [0.05, 0.1) is 23.6 Å². The Morgan fingerprint density at radius 3 is 2.50 bits per heavy atom. The van der Waals surface area contributed by atoms with Gasteiger partial charge in [0.25, 0.3) is 0 Å². The summed E-state index contributed by atoms with van der Waals surface area (Å²) in [6.07, 6.45) is -1.97. The molecular weight excluding hydrogens is 375 g/mol. The topological polar surface area (TPSA) is 85.8 Å². The normalized spacial score (nSPS) is 15.4. The molecule has 0 spiro atoms. The van der Waals surface area contributed by atoms with E-state index < -0.39 is 18.4 Å². The number of anilines is 1. The Morgan fingerprint density at radius 1 is 1.18 bits per heavy atom. The van der Waals surface area contributed by atoms with Crippen molar-refractivity contribution >= 4 is 17.3 Å². The lowest BCUT2D eigenvalue weighted by Gasteiger charge is -2.32. The van der Waals surface area contributed by atoms with E-state index in [-0.39, 0.29) is 5.56 Å². The third-order valence-corrected chi connectivity index (χ3v) is 4.54. The zero-order valence-electron chi connectivity index (χ0n) is 14.6. The van der Waals surface area contributed by atoms with E-state index in [1.54, 1.807) is 22.8 Å². The van der Waals surface area contributed by atoms with Crippen LogP contribution in [0.15, 0.2) is 42.7 Å². The SMILES string of the molecule is NC(OC(=O)C(F)(F)F)c1ccc(-c2nc(N3CCC3)cn3nccc23)cc1. The van der Waals surface area contributed by atoms with Crippen molar-refractivity contribution in [3.63, 3.8) is 0 Å². The van der Waals surface area contributed by atoms with Crippen LogP contribution in [0.1, 0.15) is 18.2 Å². The lowest BCUT2D eigenvalue weighted by atomic mass is 10.1. The van der Waals surface area contributed by atoms with Gasteiger partial charge in [-0.15, -0.1) is 0 Å². The second kappa shape index (κ2) is 6.79. The summed E-state index contributed by atoms with van der Waals surface area (Å²) in [6.45, 7) is 1.86. The zero-order valence-corrected chi connectivity index (χ0v) is 14.6. The summed E-state index contributed by atoms with van der Waals surface area (Å²) in [4.78, 5) is 17.8. The smallest absolute Gasteiger partial charge is 0.436 e. The number of benzene rings is 1. The lowest BCUT2D eigenvalue weighted by Crippen LogP contribution is -2.37. The molecule has 2 N–H and O–H groups in total. The van der Waals surface area contributed by atoms with Crippen molar-refractivity contribution in [3.05, 3.63) is 48.3 Å². The van der Waals surface area contributed by atoms with Crippen molar-refractivity contribution in [3.8, 4) is 11.3 Å². The van der Waals surface area contributed by atoms with Gasteiger partial charge in [0.1, 0.15) is 5.82 Å². The first-order chi connectivity index (χ1) is 13.3. The first-order valence-electron chi connectivity index (χ1n) is 8.56. The predicted molar refractivity (Wildman–Crippen MR) is 94.3 cm³/mol. The molecular formula is C18H16F3N5O2. The molecule has 0 radical (unpaired) electrons. The molecule has 1 unspecified atom stereocenters. The monoisotopic (exact) mass is 391 g/mol. The largest absolute Gasteiger partial charge is 0.490 e. The van der Waals surface area contributed by atoms with Gasteiger partial charge < -0.3 is 9.64 Å².